The van der Waals surface area contributed by atoms with E-state index in [0.29, 0.717) is 0 Å². The van der Waals surface area contributed by atoms with E-state index in [9.17, 15) is 0 Å². The van der Waals surface area contributed by atoms with Gasteiger partial charge in [-0.2, -0.15) is 0 Å². The third-order valence-electron chi connectivity index (χ3n) is 5.19. The molecular weight excluding hydrogens is 306 g/mol. The topological polar surface area (TPSA) is 34.8 Å². The molecule has 0 aliphatic rings. The predicted octanol–water partition coefficient (Wildman–Crippen LogP) is 4.76. The maximum Gasteiger partial charge on any atom is 0.0456 e. The number of nitrogens with one attached hydrogen (secondary N) is 2. The summed E-state index contributed by atoms with van der Waals surface area (Å²) in [6.07, 6.45) is 6.51. The lowest BCUT2D eigenvalue weighted by molar-refractivity contribution is 0.296. The van der Waals surface area contributed by atoms with E-state index in [-0.39, 0.29) is 0 Å². The van der Waals surface area contributed by atoms with E-state index in [1.165, 1.54) is 32.9 Å². The van der Waals surface area contributed by atoms with Crippen molar-refractivity contribution in [1.82, 2.24) is 14.9 Å². The molecule has 0 bridgehead atoms. The van der Waals surface area contributed by atoms with Crippen LogP contribution in [0.25, 0.3) is 21.8 Å². The van der Waals surface area contributed by atoms with E-state index >= 15 is 0 Å². The van der Waals surface area contributed by atoms with Crippen molar-refractivity contribution in [1.29, 1.82) is 0 Å². The first-order chi connectivity index (χ1) is 12.3. The van der Waals surface area contributed by atoms with E-state index in [1.54, 1.807) is 0 Å². The minimum atomic E-state index is 1.09. The Labute approximate surface area is 148 Å². The average molecular weight is 331 g/mol. The largest absolute Gasteiger partial charge is 0.361 e. The fourth-order valence-electron chi connectivity index (χ4n) is 3.66. The fourth-order valence-corrected chi connectivity index (χ4v) is 3.66. The summed E-state index contributed by atoms with van der Waals surface area (Å²) in [5.41, 5.74) is 5.31. The van der Waals surface area contributed by atoms with Crippen molar-refractivity contribution in [2.75, 3.05) is 19.6 Å². The van der Waals surface area contributed by atoms with Crippen molar-refractivity contribution in [3.63, 3.8) is 0 Å². The van der Waals surface area contributed by atoms with Crippen molar-refractivity contribution in [2.45, 2.75) is 19.8 Å². The highest BCUT2D eigenvalue weighted by molar-refractivity contribution is 5.83. The van der Waals surface area contributed by atoms with Crippen LogP contribution in [0.5, 0.6) is 0 Å². The number of aromatic amines is 2. The Bertz CT molecular complexity index is 885. The predicted molar refractivity (Wildman–Crippen MR) is 106 cm³/mol. The zero-order valence-electron chi connectivity index (χ0n) is 14.8. The van der Waals surface area contributed by atoms with Crippen LogP contribution in [0.4, 0.5) is 0 Å². The summed E-state index contributed by atoms with van der Waals surface area (Å²) in [5.74, 6) is 0. The smallest absolute Gasteiger partial charge is 0.0456 e. The minimum absolute atomic E-state index is 1.09. The first-order valence-electron chi connectivity index (χ1n) is 9.17. The Morgan fingerprint density at radius 2 is 1.20 bits per heavy atom. The van der Waals surface area contributed by atoms with Gasteiger partial charge in [-0.25, -0.2) is 0 Å². The molecule has 0 spiro atoms. The quantitative estimate of drug-likeness (QED) is 0.503. The number of aromatic nitrogens is 2. The monoisotopic (exact) mass is 331 g/mol. The molecule has 2 N–H and O–H groups in total. The van der Waals surface area contributed by atoms with E-state index in [4.69, 9.17) is 0 Å². The van der Waals surface area contributed by atoms with Crippen LogP contribution in [0.15, 0.2) is 60.9 Å². The number of hydrogen-bond acceptors (Lipinski definition) is 1. The first-order valence-corrected chi connectivity index (χ1v) is 9.17. The molecule has 0 aliphatic carbocycles. The number of likely N-dealkylation sites (N-methyl/N-ethyl adjacent to an activating group) is 1. The van der Waals surface area contributed by atoms with Gasteiger partial charge in [-0.1, -0.05) is 43.3 Å². The van der Waals surface area contributed by atoms with Gasteiger partial charge in [-0.15, -0.1) is 0 Å². The second-order valence-corrected chi connectivity index (χ2v) is 6.65. The zero-order valence-corrected chi connectivity index (χ0v) is 14.8. The standard InChI is InChI=1S/C22H25N3/c1-2-25(13-11-17-15-23-21-9-5-3-7-19(17)21)14-12-18-16-24-22-10-6-4-8-20(18)22/h3-10,15-16,23-24H,2,11-14H2,1H3. The van der Waals surface area contributed by atoms with Crippen molar-refractivity contribution in [3.8, 4) is 0 Å². The molecule has 0 unspecified atom stereocenters. The van der Waals surface area contributed by atoms with E-state index < -0.39 is 0 Å². The Morgan fingerprint density at radius 1 is 0.720 bits per heavy atom. The molecule has 2 heterocycles. The van der Waals surface area contributed by atoms with Crippen molar-refractivity contribution >= 4 is 21.8 Å². The van der Waals surface area contributed by atoms with Gasteiger partial charge in [0.2, 0.25) is 0 Å². The summed E-state index contributed by atoms with van der Waals surface area (Å²) in [7, 11) is 0. The molecule has 0 aliphatic heterocycles. The Balaban J connectivity index is 1.39. The van der Waals surface area contributed by atoms with Crippen LogP contribution in [0, 0.1) is 0 Å². The summed E-state index contributed by atoms with van der Waals surface area (Å²) < 4.78 is 0. The van der Waals surface area contributed by atoms with Crippen LogP contribution >= 0.6 is 0 Å². The molecule has 2 aromatic heterocycles. The number of para-hydroxylation sites is 2. The van der Waals surface area contributed by atoms with Crippen LogP contribution in [0.3, 0.4) is 0 Å². The molecule has 25 heavy (non-hydrogen) atoms. The number of nitrogens with zero attached hydrogens (tertiary/aromatic N) is 1. The van der Waals surface area contributed by atoms with Crippen molar-refractivity contribution < 1.29 is 0 Å². The lowest BCUT2D eigenvalue weighted by Gasteiger charge is -2.20. The maximum absolute atomic E-state index is 3.38. The molecule has 2 aromatic carbocycles. The number of benzene rings is 2. The van der Waals surface area contributed by atoms with Crippen LogP contribution in [-0.2, 0) is 12.8 Å². The molecule has 4 rings (SSSR count). The summed E-state index contributed by atoms with van der Waals surface area (Å²) in [4.78, 5) is 9.31. The highest BCUT2D eigenvalue weighted by Gasteiger charge is 2.09. The lowest BCUT2D eigenvalue weighted by atomic mass is 10.1. The molecule has 0 radical (unpaired) electrons. The average Bonchev–Trinajstić information content (AvgIpc) is 3.26. The minimum Gasteiger partial charge on any atom is -0.361 e. The van der Waals surface area contributed by atoms with Crippen LogP contribution in [0.1, 0.15) is 18.1 Å². The fraction of sp³-hybridized carbons (Fsp3) is 0.273. The Hall–Kier alpha value is -2.52. The normalized spacial score (nSPS) is 11.8. The van der Waals surface area contributed by atoms with Crippen LogP contribution in [-0.4, -0.2) is 34.5 Å². The number of H-pyrrole nitrogens is 2. The molecular formula is C22H25N3. The Morgan fingerprint density at radius 3 is 1.68 bits per heavy atom. The zero-order chi connectivity index (χ0) is 17.1. The molecule has 0 amide bonds. The van der Waals surface area contributed by atoms with Gasteiger partial charge in [0, 0.05) is 47.3 Å². The van der Waals surface area contributed by atoms with Gasteiger partial charge in [0.05, 0.1) is 0 Å². The molecule has 0 saturated heterocycles. The molecule has 0 saturated carbocycles. The summed E-state index contributed by atoms with van der Waals surface area (Å²) in [5, 5.41) is 2.71. The highest BCUT2D eigenvalue weighted by Crippen LogP contribution is 2.20. The molecule has 0 atom stereocenters. The number of hydrogen-bond donors (Lipinski definition) is 2. The molecule has 3 heteroatoms. The summed E-state index contributed by atoms with van der Waals surface area (Å²) in [6.45, 7) is 5.54. The van der Waals surface area contributed by atoms with Gasteiger partial charge in [0.1, 0.15) is 0 Å². The van der Waals surface area contributed by atoms with Gasteiger partial charge < -0.3 is 14.9 Å². The lowest BCUT2D eigenvalue weighted by Crippen LogP contribution is -2.28. The maximum atomic E-state index is 3.38. The molecule has 3 nitrogen and oxygen atoms in total. The first kappa shape index (κ1) is 16.0. The Kier molecular flexibility index (Phi) is 4.57. The van der Waals surface area contributed by atoms with E-state index in [2.05, 4.69) is 82.7 Å². The second-order valence-electron chi connectivity index (χ2n) is 6.65. The third-order valence-corrected chi connectivity index (χ3v) is 5.19. The van der Waals surface area contributed by atoms with Gasteiger partial charge in [0.25, 0.3) is 0 Å². The van der Waals surface area contributed by atoms with Gasteiger partial charge in [-0.3, -0.25) is 0 Å². The van der Waals surface area contributed by atoms with Gasteiger partial charge >= 0.3 is 0 Å². The molecule has 0 fully saturated rings. The van der Waals surface area contributed by atoms with Crippen molar-refractivity contribution in [2.24, 2.45) is 0 Å². The van der Waals surface area contributed by atoms with Crippen LogP contribution in [0.2, 0.25) is 0 Å². The second kappa shape index (κ2) is 7.16. The third kappa shape index (κ3) is 3.33. The highest BCUT2D eigenvalue weighted by atomic mass is 15.1. The molecule has 128 valence electrons. The van der Waals surface area contributed by atoms with E-state index in [0.717, 1.165) is 32.5 Å². The summed E-state index contributed by atoms with van der Waals surface area (Å²) in [6, 6.07) is 17.1. The number of rotatable bonds is 7. The summed E-state index contributed by atoms with van der Waals surface area (Å²) >= 11 is 0. The van der Waals surface area contributed by atoms with Gasteiger partial charge in [0.15, 0.2) is 0 Å². The van der Waals surface area contributed by atoms with Crippen molar-refractivity contribution in [3.05, 3.63) is 72.1 Å². The SMILES string of the molecule is CCN(CCc1c[nH]c2ccccc12)CCc1c[nH]c2ccccc12. The molecule has 4 aromatic rings. The van der Waals surface area contributed by atoms with Gasteiger partial charge in [-0.05, 0) is 42.6 Å². The number of fused-ring (bicyclic) bond motifs is 2. The van der Waals surface area contributed by atoms with Crippen LogP contribution < -0.4 is 0 Å². The van der Waals surface area contributed by atoms with E-state index in [1.807, 2.05) is 0 Å².